The first-order valence-corrected chi connectivity index (χ1v) is 13.7. The summed E-state index contributed by atoms with van der Waals surface area (Å²) < 4.78 is 4.50. The van der Waals surface area contributed by atoms with Crippen LogP contribution in [0.15, 0.2) is 144 Å². The third-order valence-electron chi connectivity index (χ3n) is 7.66. The van der Waals surface area contributed by atoms with Crippen molar-refractivity contribution in [3.63, 3.8) is 0 Å². The molecule has 0 N–H and O–H groups in total. The second kappa shape index (κ2) is 9.35. The van der Waals surface area contributed by atoms with Crippen LogP contribution in [0.1, 0.15) is 19.4 Å². The van der Waals surface area contributed by atoms with E-state index in [0.29, 0.717) is 12.5 Å². The Morgan fingerprint density at radius 2 is 1.45 bits per heavy atom. The molecule has 4 heteroatoms. The molecule has 6 aromatic rings. The van der Waals surface area contributed by atoms with Crippen molar-refractivity contribution in [1.82, 2.24) is 9.13 Å². The SMILES string of the molecule is C=C1/C=C\C(C)(C)CN=C(n2c3ccccc3c3ccc4c(ccn4-c4ccccc4)c32)N=C1c1ccccc1. The first-order chi connectivity index (χ1) is 19.5. The Labute approximate surface area is 233 Å². The van der Waals surface area contributed by atoms with E-state index in [2.05, 4.69) is 127 Å². The van der Waals surface area contributed by atoms with Crippen molar-refractivity contribution in [2.45, 2.75) is 13.8 Å². The number of benzene rings is 4. The number of hydrogen-bond acceptors (Lipinski definition) is 2. The largest absolute Gasteiger partial charge is 0.316 e. The van der Waals surface area contributed by atoms with Crippen LogP contribution in [0.25, 0.3) is 38.4 Å². The molecule has 2 aromatic heterocycles. The lowest BCUT2D eigenvalue weighted by Gasteiger charge is -2.17. The van der Waals surface area contributed by atoms with Crippen LogP contribution in [0.5, 0.6) is 0 Å². The zero-order chi connectivity index (χ0) is 27.3. The number of hydrogen-bond donors (Lipinski definition) is 0. The van der Waals surface area contributed by atoms with Crippen molar-refractivity contribution >= 4 is 44.4 Å². The average molecular weight is 519 g/mol. The Morgan fingerprint density at radius 3 is 2.25 bits per heavy atom. The van der Waals surface area contributed by atoms with Crippen LogP contribution < -0.4 is 0 Å². The number of rotatable bonds is 2. The first-order valence-electron chi connectivity index (χ1n) is 13.7. The molecule has 0 fully saturated rings. The Balaban J connectivity index is 1.57. The number of fused-ring (bicyclic) bond motifs is 5. The summed E-state index contributed by atoms with van der Waals surface area (Å²) in [5.41, 5.74) is 7.04. The monoisotopic (exact) mass is 518 g/mol. The summed E-state index contributed by atoms with van der Waals surface area (Å²) in [6.45, 7) is 9.43. The third kappa shape index (κ3) is 4.00. The summed E-state index contributed by atoms with van der Waals surface area (Å²) in [7, 11) is 0. The van der Waals surface area contributed by atoms with Gasteiger partial charge in [0.05, 0.1) is 28.8 Å². The molecule has 0 bridgehead atoms. The highest BCUT2D eigenvalue weighted by molar-refractivity contribution is 6.24. The quantitative estimate of drug-likeness (QED) is 0.220. The molecule has 40 heavy (non-hydrogen) atoms. The lowest BCUT2D eigenvalue weighted by Crippen LogP contribution is -2.17. The van der Waals surface area contributed by atoms with Gasteiger partial charge < -0.3 is 4.57 Å². The number of allylic oxidation sites excluding steroid dienone is 2. The molecule has 0 atom stereocenters. The molecule has 0 aliphatic carbocycles. The molecule has 0 saturated heterocycles. The summed E-state index contributed by atoms with van der Waals surface area (Å²) in [6, 6.07) is 36.0. The molecule has 7 rings (SSSR count). The fourth-order valence-electron chi connectivity index (χ4n) is 5.60. The normalized spacial score (nSPS) is 16.4. The summed E-state index contributed by atoms with van der Waals surface area (Å²) in [5, 5.41) is 3.53. The number of para-hydroxylation sites is 2. The van der Waals surface area contributed by atoms with Gasteiger partial charge in [-0.15, -0.1) is 0 Å². The average Bonchev–Trinajstić information content (AvgIpc) is 3.57. The highest BCUT2D eigenvalue weighted by atomic mass is 15.2. The predicted octanol–water partition coefficient (Wildman–Crippen LogP) is 8.58. The minimum Gasteiger partial charge on any atom is -0.316 e. The number of aromatic nitrogens is 2. The molecule has 0 unspecified atom stereocenters. The van der Waals surface area contributed by atoms with Crippen molar-refractivity contribution in [3.8, 4) is 5.69 Å². The van der Waals surface area contributed by atoms with E-state index in [1.54, 1.807) is 0 Å². The maximum absolute atomic E-state index is 5.30. The minimum absolute atomic E-state index is 0.152. The second-order valence-electron chi connectivity index (χ2n) is 11.1. The first kappa shape index (κ1) is 24.1. The Hall–Kier alpha value is -4.96. The van der Waals surface area contributed by atoms with E-state index in [9.17, 15) is 0 Å². The third-order valence-corrected chi connectivity index (χ3v) is 7.66. The van der Waals surface area contributed by atoms with Gasteiger partial charge in [0.25, 0.3) is 0 Å². The van der Waals surface area contributed by atoms with Crippen LogP contribution in [0.4, 0.5) is 0 Å². The highest BCUT2D eigenvalue weighted by Gasteiger charge is 2.22. The van der Waals surface area contributed by atoms with Gasteiger partial charge in [-0.2, -0.15) is 0 Å². The fraction of sp³-hybridized carbons (Fsp3) is 0.111. The predicted molar refractivity (Wildman–Crippen MR) is 169 cm³/mol. The zero-order valence-electron chi connectivity index (χ0n) is 22.8. The summed E-state index contributed by atoms with van der Waals surface area (Å²) in [6.07, 6.45) is 6.44. The lowest BCUT2D eigenvalue weighted by atomic mass is 9.91. The van der Waals surface area contributed by atoms with Crippen molar-refractivity contribution in [1.29, 1.82) is 0 Å². The molecule has 0 spiro atoms. The lowest BCUT2D eigenvalue weighted by molar-refractivity contribution is 0.496. The molecule has 3 heterocycles. The maximum Gasteiger partial charge on any atom is 0.230 e. The van der Waals surface area contributed by atoms with Gasteiger partial charge in [0, 0.05) is 39.0 Å². The maximum atomic E-state index is 5.30. The number of nitrogens with zero attached hydrogens (tertiary/aromatic N) is 4. The van der Waals surface area contributed by atoms with Gasteiger partial charge in [0.2, 0.25) is 5.96 Å². The van der Waals surface area contributed by atoms with E-state index in [1.165, 1.54) is 10.8 Å². The molecule has 1 aliphatic heterocycles. The van der Waals surface area contributed by atoms with Gasteiger partial charge in [-0.3, -0.25) is 4.57 Å². The summed E-state index contributed by atoms with van der Waals surface area (Å²) in [5.74, 6) is 0.669. The van der Waals surface area contributed by atoms with Gasteiger partial charge in [-0.1, -0.05) is 105 Å². The molecule has 194 valence electrons. The van der Waals surface area contributed by atoms with Crippen LogP contribution in [-0.2, 0) is 0 Å². The Bertz CT molecular complexity index is 2000. The Morgan fingerprint density at radius 1 is 0.725 bits per heavy atom. The van der Waals surface area contributed by atoms with Crippen LogP contribution in [0, 0.1) is 5.41 Å². The molecular weight excluding hydrogens is 488 g/mol. The zero-order valence-corrected chi connectivity index (χ0v) is 22.8. The highest BCUT2D eigenvalue weighted by Crippen LogP contribution is 2.36. The fourth-order valence-corrected chi connectivity index (χ4v) is 5.60. The van der Waals surface area contributed by atoms with E-state index >= 15 is 0 Å². The standard InChI is InChI=1S/C36H30N4/c1-25-20-22-36(2,3)24-37-35(38-33(25)26-12-6-4-7-13-26)40-32-17-11-10-16-28(32)29-18-19-31-30(34(29)40)21-23-39(31)27-14-8-5-9-15-27/h4-23H,1,24H2,2-3H3/b22-20-,37-35?,38-33?. The molecule has 0 radical (unpaired) electrons. The molecule has 0 saturated carbocycles. The van der Waals surface area contributed by atoms with Gasteiger partial charge in [0.15, 0.2) is 0 Å². The smallest absolute Gasteiger partial charge is 0.230 e. The van der Waals surface area contributed by atoms with Gasteiger partial charge in [-0.05, 0) is 35.9 Å². The molecule has 1 aliphatic rings. The van der Waals surface area contributed by atoms with Crippen LogP contribution >= 0.6 is 0 Å². The van der Waals surface area contributed by atoms with Crippen LogP contribution in [0.3, 0.4) is 0 Å². The van der Waals surface area contributed by atoms with Crippen molar-refractivity contribution in [3.05, 3.63) is 139 Å². The van der Waals surface area contributed by atoms with E-state index in [0.717, 1.165) is 44.5 Å². The minimum atomic E-state index is -0.152. The van der Waals surface area contributed by atoms with E-state index < -0.39 is 0 Å². The van der Waals surface area contributed by atoms with E-state index in [4.69, 9.17) is 9.98 Å². The van der Waals surface area contributed by atoms with Gasteiger partial charge in [-0.25, -0.2) is 9.98 Å². The summed E-state index contributed by atoms with van der Waals surface area (Å²) in [4.78, 5) is 10.5. The van der Waals surface area contributed by atoms with Crippen molar-refractivity contribution in [2.24, 2.45) is 15.4 Å². The van der Waals surface area contributed by atoms with Gasteiger partial charge >= 0.3 is 0 Å². The van der Waals surface area contributed by atoms with Crippen LogP contribution in [0.2, 0.25) is 0 Å². The molecule has 0 amide bonds. The number of aliphatic imine (C=N–C) groups is 2. The van der Waals surface area contributed by atoms with E-state index in [-0.39, 0.29) is 5.41 Å². The van der Waals surface area contributed by atoms with Crippen molar-refractivity contribution < 1.29 is 0 Å². The topological polar surface area (TPSA) is 34.6 Å². The second-order valence-corrected chi connectivity index (χ2v) is 11.1. The van der Waals surface area contributed by atoms with Gasteiger partial charge in [0.1, 0.15) is 0 Å². The molecule has 4 nitrogen and oxygen atoms in total. The van der Waals surface area contributed by atoms with E-state index in [1.807, 2.05) is 24.3 Å². The summed E-state index contributed by atoms with van der Waals surface area (Å²) >= 11 is 0. The Kier molecular flexibility index (Phi) is 5.64. The van der Waals surface area contributed by atoms with Crippen molar-refractivity contribution in [2.75, 3.05) is 6.54 Å². The van der Waals surface area contributed by atoms with Crippen LogP contribution in [-0.4, -0.2) is 27.4 Å². The molecule has 4 aromatic carbocycles. The molecular formula is C36H30N4.